The summed E-state index contributed by atoms with van der Waals surface area (Å²) in [5.41, 5.74) is 2.29. The molecule has 0 bridgehead atoms. The Balaban J connectivity index is 1.27. The van der Waals surface area contributed by atoms with Crippen LogP contribution in [0.1, 0.15) is 16.7 Å². The highest BCUT2D eigenvalue weighted by Crippen LogP contribution is 2.35. The molecule has 7 atom stereocenters. The van der Waals surface area contributed by atoms with Crippen molar-refractivity contribution in [1.29, 1.82) is 0 Å². The lowest BCUT2D eigenvalue weighted by atomic mass is 9.85. The number of hydrogen-bond donors (Lipinski definition) is 5. The summed E-state index contributed by atoms with van der Waals surface area (Å²) >= 11 is 0. The van der Waals surface area contributed by atoms with Crippen molar-refractivity contribution in [2.45, 2.75) is 43.5 Å². The van der Waals surface area contributed by atoms with Gasteiger partial charge in [0.25, 0.3) is 0 Å². The maximum absolute atomic E-state index is 12.6. The van der Waals surface area contributed by atoms with Gasteiger partial charge in [-0.2, -0.15) is 0 Å². The van der Waals surface area contributed by atoms with E-state index in [4.69, 9.17) is 23.7 Å². The highest BCUT2D eigenvalue weighted by atomic mass is 16.7. The van der Waals surface area contributed by atoms with Crippen LogP contribution in [0.4, 0.5) is 0 Å². The Kier molecular flexibility index (Phi) is 10.4. The van der Waals surface area contributed by atoms with Crippen LogP contribution in [-0.2, 0) is 36.6 Å². The van der Waals surface area contributed by atoms with Crippen LogP contribution in [0.3, 0.4) is 0 Å². The first-order chi connectivity index (χ1) is 22.2. The quantitative estimate of drug-likeness (QED) is 0.118. The van der Waals surface area contributed by atoms with Crippen molar-refractivity contribution < 1.29 is 58.8 Å². The fraction of sp³-hybridized carbons (Fsp3) is 0.353. The molecule has 0 amide bonds. The summed E-state index contributed by atoms with van der Waals surface area (Å²) in [5, 5.41) is 50.6. The number of ether oxygens (including phenoxy) is 5. The van der Waals surface area contributed by atoms with Crippen LogP contribution in [-0.4, -0.2) is 88.5 Å². The Morgan fingerprint density at radius 2 is 1.72 bits per heavy atom. The summed E-state index contributed by atoms with van der Waals surface area (Å²) < 4.78 is 27.7. The number of carbonyl (C=O) groups is 2. The highest BCUT2D eigenvalue weighted by Gasteiger charge is 2.48. The summed E-state index contributed by atoms with van der Waals surface area (Å²) in [4.78, 5) is 25.2. The molecule has 0 radical (unpaired) electrons. The Morgan fingerprint density at radius 1 is 0.935 bits per heavy atom. The predicted octanol–water partition coefficient (Wildman–Crippen LogP) is 2.12. The van der Waals surface area contributed by atoms with Gasteiger partial charge in [-0.15, -0.1) is 0 Å². The maximum atomic E-state index is 12.6. The number of benzene rings is 3. The van der Waals surface area contributed by atoms with Crippen LogP contribution in [0.25, 0.3) is 6.08 Å². The van der Waals surface area contributed by atoms with Crippen LogP contribution in [0.2, 0.25) is 0 Å². The molecular formula is C34H36O12. The monoisotopic (exact) mass is 636 g/mol. The summed E-state index contributed by atoms with van der Waals surface area (Å²) in [5.74, 6) is -1.81. The van der Waals surface area contributed by atoms with E-state index in [9.17, 15) is 35.1 Å². The van der Waals surface area contributed by atoms with Crippen molar-refractivity contribution in [3.8, 4) is 23.0 Å². The molecule has 2 heterocycles. The predicted molar refractivity (Wildman–Crippen MR) is 162 cm³/mol. The average Bonchev–Trinajstić information content (AvgIpc) is 3.39. The first kappa shape index (κ1) is 32.8. The van der Waals surface area contributed by atoms with Gasteiger partial charge in [0, 0.05) is 12.0 Å². The van der Waals surface area contributed by atoms with Crippen LogP contribution in [0.15, 0.2) is 72.8 Å². The van der Waals surface area contributed by atoms with E-state index in [0.717, 1.165) is 17.2 Å². The van der Waals surface area contributed by atoms with Gasteiger partial charge in [-0.3, -0.25) is 4.79 Å². The number of cyclic esters (lactones) is 1. The van der Waals surface area contributed by atoms with Gasteiger partial charge in [0.05, 0.1) is 26.2 Å². The van der Waals surface area contributed by atoms with Gasteiger partial charge in [0.15, 0.2) is 35.2 Å². The smallest absolute Gasteiger partial charge is 0.331 e. The normalized spacial score (nSPS) is 26.1. The van der Waals surface area contributed by atoms with Gasteiger partial charge < -0.3 is 49.2 Å². The molecule has 244 valence electrons. The van der Waals surface area contributed by atoms with E-state index in [-0.39, 0.29) is 40.8 Å². The summed E-state index contributed by atoms with van der Waals surface area (Å²) in [6.45, 7) is -0.324. The minimum Gasteiger partial charge on any atom is -0.504 e. The summed E-state index contributed by atoms with van der Waals surface area (Å²) in [7, 11) is 1.43. The van der Waals surface area contributed by atoms with Crippen molar-refractivity contribution in [3.63, 3.8) is 0 Å². The lowest BCUT2D eigenvalue weighted by Gasteiger charge is -2.41. The number of phenols is 2. The molecule has 0 saturated carbocycles. The lowest BCUT2D eigenvalue weighted by molar-refractivity contribution is -0.280. The molecule has 2 aliphatic heterocycles. The standard InChI is InChI=1S/C34H36O12/c1-42-27-16-21(14-23-22(18-43-33(23)41)13-19-5-3-2-4-6-19)8-11-26(27)44-34-31(40)32(30(39)28(17-35)45-34)46-29(38)12-9-20-7-10-24(36)25(37)15-20/h2-12,15-16,22-23,28,30-32,34-37,39-40H,13-14,17-18H2,1H3/b12-9+/t22?,23?,28-,30-,31-,32+,34-/m1/s1. The minimum absolute atomic E-state index is 0.00665. The SMILES string of the molecule is COc1cc(CC2C(=O)OCC2Cc2ccccc2)ccc1O[C@@H]1O[C@H](CO)[C@@H](O)[C@H](OC(=O)/C=C/c2ccc(O)c(O)c2)[C@H]1O. The van der Waals surface area contributed by atoms with Crippen molar-refractivity contribution in [3.05, 3.63) is 89.5 Å². The number of methoxy groups -OCH3 is 1. The van der Waals surface area contributed by atoms with E-state index in [0.29, 0.717) is 25.0 Å². The molecule has 3 aromatic carbocycles. The summed E-state index contributed by atoms with van der Waals surface area (Å²) in [6, 6.07) is 18.9. The highest BCUT2D eigenvalue weighted by molar-refractivity contribution is 5.87. The number of carbonyl (C=O) groups excluding carboxylic acids is 2. The van der Waals surface area contributed by atoms with Gasteiger partial charge in [0.2, 0.25) is 6.29 Å². The molecule has 2 saturated heterocycles. The third-order valence-corrected chi connectivity index (χ3v) is 8.06. The number of aliphatic hydroxyl groups is 3. The minimum atomic E-state index is -1.68. The molecule has 2 aliphatic rings. The molecule has 3 aromatic rings. The number of phenolic OH excluding ortho intramolecular Hbond substituents is 2. The largest absolute Gasteiger partial charge is 0.504 e. The number of aliphatic hydroxyl groups excluding tert-OH is 3. The second-order valence-electron chi connectivity index (χ2n) is 11.2. The Hall–Kier alpha value is -4.62. The van der Waals surface area contributed by atoms with Crippen molar-refractivity contribution in [1.82, 2.24) is 0 Å². The zero-order valence-corrected chi connectivity index (χ0v) is 25.0. The van der Waals surface area contributed by atoms with Crippen molar-refractivity contribution >= 4 is 18.0 Å². The van der Waals surface area contributed by atoms with Crippen LogP contribution in [0, 0.1) is 11.8 Å². The van der Waals surface area contributed by atoms with E-state index in [2.05, 4.69) is 0 Å². The van der Waals surface area contributed by atoms with E-state index < -0.39 is 43.3 Å². The number of aromatic hydroxyl groups is 2. The van der Waals surface area contributed by atoms with Crippen molar-refractivity contribution in [2.24, 2.45) is 11.8 Å². The van der Waals surface area contributed by atoms with Gasteiger partial charge in [-0.1, -0.05) is 42.5 Å². The first-order valence-electron chi connectivity index (χ1n) is 14.7. The fourth-order valence-electron chi connectivity index (χ4n) is 5.56. The second-order valence-corrected chi connectivity index (χ2v) is 11.2. The Bertz CT molecular complexity index is 1540. The zero-order chi connectivity index (χ0) is 32.8. The van der Waals surface area contributed by atoms with E-state index in [1.807, 2.05) is 30.3 Å². The van der Waals surface area contributed by atoms with Gasteiger partial charge in [0.1, 0.15) is 12.2 Å². The third kappa shape index (κ3) is 7.60. The first-order valence-corrected chi connectivity index (χ1v) is 14.7. The number of esters is 2. The van der Waals surface area contributed by atoms with E-state index in [1.165, 1.54) is 31.4 Å². The van der Waals surface area contributed by atoms with Crippen LogP contribution in [0.5, 0.6) is 23.0 Å². The molecule has 5 rings (SSSR count). The zero-order valence-electron chi connectivity index (χ0n) is 25.0. The Labute approximate surface area is 265 Å². The summed E-state index contributed by atoms with van der Waals surface area (Å²) in [6.07, 6.45) is -4.12. The molecule has 0 aromatic heterocycles. The van der Waals surface area contributed by atoms with Crippen LogP contribution < -0.4 is 9.47 Å². The molecule has 0 spiro atoms. The molecule has 2 fully saturated rings. The average molecular weight is 637 g/mol. The maximum Gasteiger partial charge on any atom is 0.331 e. The molecule has 12 heteroatoms. The van der Waals surface area contributed by atoms with Crippen LogP contribution >= 0.6 is 0 Å². The molecule has 0 aliphatic carbocycles. The molecule has 46 heavy (non-hydrogen) atoms. The van der Waals surface area contributed by atoms with Gasteiger partial charge in [-0.05, 0) is 59.9 Å². The number of hydrogen-bond acceptors (Lipinski definition) is 12. The molecule has 2 unspecified atom stereocenters. The number of rotatable bonds is 11. The van der Waals surface area contributed by atoms with Gasteiger partial charge in [-0.25, -0.2) is 4.79 Å². The molecule has 12 nitrogen and oxygen atoms in total. The lowest BCUT2D eigenvalue weighted by Crippen LogP contribution is -2.61. The second kappa shape index (κ2) is 14.6. The fourth-order valence-corrected chi connectivity index (χ4v) is 5.56. The topological polar surface area (TPSA) is 181 Å². The molecule has 5 N–H and O–H groups in total. The Morgan fingerprint density at radius 3 is 2.43 bits per heavy atom. The third-order valence-electron chi connectivity index (χ3n) is 8.06. The van der Waals surface area contributed by atoms with E-state index >= 15 is 0 Å². The van der Waals surface area contributed by atoms with Gasteiger partial charge >= 0.3 is 11.9 Å². The van der Waals surface area contributed by atoms with E-state index in [1.54, 1.807) is 18.2 Å². The van der Waals surface area contributed by atoms with Crippen molar-refractivity contribution in [2.75, 3.05) is 20.3 Å². The molecular weight excluding hydrogens is 600 g/mol.